The molecule has 0 spiro atoms. The second-order valence-electron chi connectivity index (χ2n) is 6.52. The van der Waals surface area contributed by atoms with Gasteiger partial charge in [-0.15, -0.1) is 0 Å². The lowest BCUT2D eigenvalue weighted by Gasteiger charge is -2.27. The van der Waals surface area contributed by atoms with Gasteiger partial charge in [0.25, 0.3) is 0 Å². The molecule has 0 amide bonds. The number of hydrogen-bond donors (Lipinski definition) is 0. The van der Waals surface area contributed by atoms with Gasteiger partial charge in [-0.2, -0.15) is 10.5 Å². The Hall–Kier alpha value is -4.16. The smallest absolute Gasteiger partial charge is 0.343 e. The Morgan fingerprint density at radius 3 is 2.61 bits per heavy atom. The van der Waals surface area contributed by atoms with Gasteiger partial charge in [0.2, 0.25) is 5.88 Å². The predicted molar refractivity (Wildman–Crippen MR) is 101 cm³/mol. The first-order chi connectivity index (χ1) is 13.7. The first-order valence-electron chi connectivity index (χ1n) is 8.64. The van der Waals surface area contributed by atoms with Gasteiger partial charge >= 0.3 is 5.63 Å². The molecule has 0 radical (unpaired) electrons. The molecule has 0 saturated heterocycles. The average Bonchev–Trinajstić information content (AvgIpc) is 2.73. The van der Waals surface area contributed by atoms with Crippen LogP contribution in [0, 0.1) is 28.6 Å². The minimum Gasteiger partial charge on any atom is -0.437 e. The van der Waals surface area contributed by atoms with E-state index >= 15 is 0 Å². The summed E-state index contributed by atoms with van der Waals surface area (Å²) >= 11 is 0. The molecule has 3 heterocycles. The van der Waals surface area contributed by atoms with E-state index < -0.39 is 17.5 Å². The van der Waals surface area contributed by atoms with Crippen molar-refractivity contribution in [3.05, 3.63) is 76.1 Å². The zero-order chi connectivity index (χ0) is 19.3. The maximum absolute atomic E-state index is 12.8. The van der Waals surface area contributed by atoms with Crippen LogP contribution in [-0.2, 0) is 0 Å². The van der Waals surface area contributed by atoms with E-state index in [1.54, 1.807) is 24.3 Å². The first kappa shape index (κ1) is 16.0. The second kappa shape index (κ2) is 5.94. The molecule has 0 N–H and O–H groups in total. The van der Waals surface area contributed by atoms with E-state index in [2.05, 4.69) is 4.98 Å². The fraction of sp³-hybridized carbons (Fsp3) is 0.0909. The van der Waals surface area contributed by atoms with Crippen LogP contribution in [0.15, 0.2) is 63.8 Å². The topological polar surface area (TPSA) is 99.9 Å². The number of ether oxygens (including phenoxy) is 1. The first-order valence-corrected chi connectivity index (χ1v) is 8.64. The van der Waals surface area contributed by atoms with Crippen molar-refractivity contribution in [3.63, 3.8) is 0 Å². The summed E-state index contributed by atoms with van der Waals surface area (Å²) in [6, 6.07) is 20.3. The number of benzene rings is 2. The molecule has 0 fully saturated rings. The molecule has 5 rings (SSSR count). The van der Waals surface area contributed by atoms with Gasteiger partial charge in [0, 0.05) is 10.9 Å². The number of hydrogen-bond acceptors (Lipinski definition) is 6. The summed E-state index contributed by atoms with van der Waals surface area (Å²) in [5.41, 5.74) is 1.19. The highest BCUT2D eigenvalue weighted by Gasteiger charge is 2.39. The van der Waals surface area contributed by atoms with Gasteiger partial charge < -0.3 is 9.15 Å². The van der Waals surface area contributed by atoms with Crippen molar-refractivity contribution >= 4 is 21.9 Å². The molecule has 1 aliphatic heterocycles. The molecular formula is C22H11N3O3. The largest absolute Gasteiger partial charge is 0.437 e. The van der Waals surface area contributed by atoms with Crippen molar-refractivity contribution in [2.75, 3.05) is 0 Å². The summed E-state index contributed by atoms with van der Waals surface area (Å²) in [5.74, 6) is -1.31. The standard InChI is InChI=1S/C22H11N3O3/c23-10-13(11-24)18-15-9-12-5-1-3-7-16(12)25-21(15)28-20-14-6-2-4-8-17(14)27-22(26)19(18)20/h1-9,13,18H. The third-order valence-electron chi connectivity index (χ3n) is 4.97. The molecule has 0 bridgehead atoms. The van der Waals surface area contributed by atoms with Crippen LogP contribution in [0.5, 0.6) is 11.6 Å². The van der Waals surface area contributed by atoms with Crippen LogP contribution in [0.2, 0.25) is 0 Å². The molecule has 2 aromatic carbocycles. The van der Waals surface area contributed by atoms with Crippen LogP contribution < -0.4 is 10.4 Å². The minimum atomic E-state index is -1.09. The summed E-state index contributed by atoms with van der Waals surface area (Å²) in [4.78, 5) is 17.4. The maximum atomic E-state index is 12.8. The number of aromatic nitrogens is 1. The van der Waals surface area contributed by atoms with Gasteiger partial charge in [0.15, 0.2) is 5.75 Å². The maximum Gasteiger partial charge on any atom is 0.343 e. The molecule has 1 atom stereocenters. The molecule has 0 saturated carbocycles. The lowest BCUT2D eigenvalue weighted by atomic mass is 9.80. The normalized spacial score (nSPS) is 14.8. The van der Waals surface area contributed by atoms with Crippen molar-refractivity contribution in [2.45, 2.75) is 5.92 Å². The van der Waals surface area contributed by atoms with Gasteiger partial charge in [-0.3, -0.25) is 0 Å². The zero-order valence-electron chi connectivity index (χ0n) is 14.4. The Morgan fingerprint density at radius 1 is 1.04 bits per heavy atom. The third kappa shape index (κ3) is 2.19. The number of rotatable bonds is 1. The van der Waals surface area contributed by atoms with Crippen LogP contribution >= 0.6 is 0 Å². The van der Waals surface area contributed by atoms with Crippen molar-refractivity contribution < 1.29 is 9.15 Å². The number of nitriles is 2. The highest BCUT2D eigenvalue weighted by molar-refractivity contribution is 5.87. The molecular weight excluding hydrogens is 354 g/mol. The quantitative estimate of drug-likeness (QED) is 0.468. The molecule has 6 nitrogen and oxygen atoms in total. The van der Waals surface area contributed by atoms with E-state index in [0.29, 0.717) is 28.2 Å². The van der Waals surface area contributed by atoms with Gasteiger partial charge in [-0.1, -0.05) is 30.3 Å². The van der Waals surface area contributed by atoms with Crippen LogP contribution in [-0.4, -0.2) is 4.98 Å². The Balaban J connectivity index is 1.90. The van der Waals surface area contributed by atoms with Crippen molar-refractivity contribution in [1.29, 1.82) is 10.5 Å². The summed E-state index contributed by atoms with van der Waals surface area (Å²) in [5, 5.41) is 20.6. The number of fused-ring (bicyclic) bond motifs is 5. The van der Waals surface area contributed by atoms with E-state index in [9.17, 15) is 15.3 Å². The summed E-state index contributed by atoms with van der Waals surface area (Å²) in [6.45, 7) is 0. The number of nitrogens with zero attached hydrogens (tertiary/aromatic N) is 3. The fourth-order valence-electron chi connectivity index (χ4n) is 3.71. The van der Waals surface area contributed by atoms with Gasteiger partial charge in [-0.05, 0) is 24.3 Å². The lowest BCUT2D eigenvalue weighted by molar-refractivity contribution is 0.410. The fourth-order valence-corrected chi connectivity index (χ4v) is 3.71. The summed E-state index contributed by atoms with van der Waals surface area (Å²) in [6.07, 6.45) is 0. The third-order valence-corrected chi connectivity index (χ3v) is 4.97. The molecule has 1 aliphatic rings. The van der Waals surface area contributed by atoms with Crippen molar-refractivity contribution in [3.8, 4) is 23.8 Å². The lowest BCUT2D eigenvalue weighted by Crippen LogP contribution is -2.24. The Labute approximate surface area is 158 Å². The monoisotopic (exact) mass is 365 g/mol. The molecule has 1 unspecified atom stereocenters. The zero-order valence-corrected chi connectivity index (χ0v) is 14.4. The van der Waals surface area contributed by atoms with E-state index in [1.165, 1.54) is 0 Å². The Bertz CT molecular complexity index is 1390. The highest BCUT2D eigenvalue weighted by Crippen LogP contribution is 2.48. The number of pyridine rings is 1. The predicted octanol–water partition coefficient (Wildman–Crippen LogP) is 4.24. The molecule has 132 valence electrons. The minimum absolute atomic E-state index is 0.177. The van der Waals surface area contributed by atoms with E-state index in [0.717, 1.165) is 10.9 Å². The van der Waals surface area contributed by atoms with E-state index in [-0.39, 0.29) is 5.56 Å². The van der Waals surface area contributed by atoms with Crippen molar-refractivity contribution in [2.24, 2.45) is 5.92 Å². The van der Waals surface area contributed by atoms with E-state index in [4.69, 9.17) is 9.15 Å². The number of para-hydroxylation sites is 2. The molecule has 2 aromatic heterocycles. The second-order valence-corrected chi connectivity index (χ2v) is 6.52. The van der Waals surface area contributed by atoms with E-state index in [1.807, 2.05) is 42.5 Å². The van der Waals surface area contributed by atoms with Crippen LogP contribution in [0.3, 0.4) is 0 Å². The van der Waals surface area contributed by atoms with Crippen LogP contribution in [0.1, 0.15) is 17.0 Å². The summed E-state index contributed by atoms with van der Waals surface area (Å²) in [7, 11) is 0. The van der Waals surface area contributed by atoms with Crippen molar-refractivity contribution in [1.82, 2.24) is 4.98 Å². The van der Waals surface area contributed by atoms with Crippen LogP contribution in [0.25, 0.3) is 21.9 Å². The molecule has 4 aromatic rings. The molecule has 28 heavy (non-hydrogen) atoms. The SMILES string of the molecule is N#CC(C#N)C1c2cc3ccccc3nc2Oc2c1c(=O)oc1ccccc21. The Kier molecular flexibility index (Phi) is 3.40. The Morgan fingerprint density at radius 2 is 1.79 bits per heavy atom. The van der Waals surface area contributed by atoms with Crippen LogP contribution in [0.4, 0.5) is 0 Å². The average molecular weight is 365 g/mol. The van der Waals surface area contributed by atoms with Gasteiger partial charge in [0.1, 0.15) is 11.5 Å². The van der Waals surface area contributed by atoms with Gasteiger partial charge in [0.05, 0.1) is 34.5 Å². The van der Waals surface area contributed by atoms with Gasteiger partial charge in [-0.25, -0.2) is 9.78 Å². The molecule has 0 aliphatic carbocycles. The molecule has 6 heteroatoms. The highest BCUT2D eigenvalue weighted by atomic mass is 16.5. The summed E-state index contributed by atoms with van der Waals surface area (Å²) < 4.78 is 11.5.